The van der Waals surface area contributed by atoms with Crippen molar-refractivity contribution in [2.75, 3.05) is 0 Å². The van der Waals surface area contributed by atoms with Crippen molar-refractivity contribution in [3.05, 3.63) is 10.5 Å². The van der Waals surface area contributed by atoms with Crippen LogP contribution in [-0.2, 0) is 4.79 Å². The van der Waals surface area contributed by atoms with Gasteiger partial charge in [-0.25, -0.2) is 0 Å². The molecule has 0 aromatic carbocycles. The van der Waals surface area contributed by atoms with E-state index in [0.717, 1.165) is 23.3 Å². The third-order valence-corrected chi connectivity index (χ3v) is 3.01. The van der Waals surface area contributed by atoms with Crippen molar-refractivity contribution in [2.24, 2.45) is 0 Å². The highest BCUT2D eigenvalue weighted by Crippen LogP contribution is 2.28. The van der Waals surface area contributed by atoms with E-state index in [1.807, 2.05) is 6.92 Å². The van der Waals surface area contributed by atoms with Gasteiger partial charge >= 0.3 is 0 Å². The molecule has 1 rings (SSSR count). The third kappa shape index (κ3) is 2.08. The molecule has 66 valence electrons. The van der Waals surface area contributed by atoms with Crippen LogP contribution in [0.2, 0.25) is 0 Å². The van der Waals surface area contributed by atoms with Gasteiger partial charge in [-0.2, -0.15) is 0 Å². The summed E-state index contributed by atoms with van der Waals surface area (Å²) in [6.45, 7) is 4.08. The molecule has 0 aliphatic carbocycles. The molecule has 12 heavy (non-hydrogen) atoms. The number of allylic oxidation sites excluding steroid dienone is 1. The van der Waals surface area contributed by atoms with E-state index < -0.39 is 0 Å². The van der Waals surface area contributed by atoms with E-state index in [-0.39, 0.29) is 5.91 Å². The molecule has 1 heterocycles. The van der Waals surface area contributed by atoms with Crippen molar-refractivity contribution in [3.8, 4) is 0 Å². The SMILES string of the molecule is CCC/C(C)=C1\SC(=S)NC1=O. The normalized spacial score (nSPS) is 21.2. The maximum atomic E-state index is 11.2. The number of hydrogen-bond donors (Lipinski definition) is 1. The Hall–Kier alpha value is -0.350. The van der Waals surface area contributed by atoms with Gasteiger partial charge in [0.15, 0.2) is 0 Å². The first-order valence-electron chi connectivity index (χ1n) is 3.88. The molecule has 0 saturated carbocycles. The molecule has 1 amide bonds. The van der Waals surface area contributed by atoms with Gasteiger partial charge in [0.1, 0.15) is 4.32 Å². The Morgan fingerprint density at radius 2 is 2.33 bits per heavy atom. The van der Waals surface area contributed by atoms with E-state index in [0.29, 0.717) is 4.32 Å². The highest BCUT2D eigenvalue weighted by atomic mass is 32.2. The minimum Gasteiger partial charge on any atom is -0.307 e. The zero-order valence-electron chi connectivity index (χ0n) is 7.14. The molecular weight excluding hydrogens is 190 g/mol. The first-order valence-corrected chi connectivity index (χ1v) is 5.10. The molecular formula is C8H11NOS2. The fraction of sp³-hybridized carbons (Fsp3) is 0.500. The average molecular weight is 201 g/mol. The Morgan fingerprint density at radius 1 is 1.67 bits per heavy atom. The van der Waals surface area contributed by atoms with Gasteiger partial charge in [-0.05, 0) is 13.3 Å². The molecule has 1 aliphatic rings. The fourth-order valence-electron chi connectivity index (χ4n) is 1.08. The summed E-state index contributed by atoms with van der Waals surface area (Å²) in [5, 5.41) is 2.60. The summed E-state index contributed by atoms with van der Waals surface area (Å²) in [6, 6.07) is 0. The van der Waals surface area contributed by atoms with Crippen molar-refractivity contribution in [1.82, 2.24) is 5.32 Å². The Morgan fingerprint density at radius 3 is 2.75 bits per heavy atom. The van der Waals surface area contributed by atoms with Gasteiger partial charge in [0.2, 0.25) is 0 Å². The van der Waals surface area contributed by atoms with Gasteiger partial charge in [0.25, 0.3) is 5.91 Å². The first kappa shape index (κ1) is 9.74. The van der Waals surface area contributed by atoms with E-state index in [4.69, 9.17) is 12.2 Å². The van der Waals surface area contributed by atoms with Gasteiger partial charge < -0.3 is 5.32 Å². The van der Waals surface area contributed by atoms with E-state index in [2.05, 4.69) is 12.2 Å². The van der Waals surface area contributed by atoms with E-state index in [1.54, 1.807) is 0 Å². The minimum atomic E-state index is -0.0315. The Bertz CT molecular complexity index is 258. The van der Waals surface area contributed by atoms with Crippen LogP contribution >= 0.6 is 24.0 Å². The van der Waals surface area contributed by atoms with E-state index in [1.165, 1.54) is 11.8 Å². The molecule has 1 fully saturated rings. The Kier molecular flexibility index (Phi) is 3.29. The van der Waals surface area contributed by atoms with Crippen LogP contribution in [0, 0.1) is 0 Å². The van der Waals surface area contributed by atoms with Gasteiger partial charge in [-0.1, -0.05) is 42.9 Å². The largest absolute Gasteiger partial charge is 0.307 e. The molecule has 1 saturated heterocycles. The number of amides is 1. The Balaban J connectivity index is 2.80. The van der Waals surface area contributed by atoms with Crippen LogP contribution < -0.4 is 5.32 Å². The van der Waals surface area contributed by atoms with Crippen molar-refractivity contribution >= 4 is 34.2 Å². The third-order valence-electron chi connectivity index (χ3n) is 1.63. The Labute approximate surface area is 81.8 Å². The minimum absolute atomic E-state index is 0.0315. The second kappa shape index (κ2) is 4.05. The lowest BCUT2D eigenvalue weighted by Crippen LogP contribution is -2.18. The predicted octanol–water partition coefficient (Wildman–Crippen LogP) is 2.21. The summed E-state index contributed by atoms with van der Waals surface area (Å²) in [4.78, 5) is 12.0. The van der Waals surface area contributed by atoms with Crippen LogP contribution in [0.5, 0.6) is 0 Å². The topological polar surface area (TPSA) is 29.1 Å². The highest BCUT2D eigenvalue weighted by Gasteiger charge is 2.23. The van der Waals surface area contributed by atoms with Crippen molar-refractivity contribution in [2.45, 2.75) is 26.7 Å². The van der Waals surface area contributed by atoms with Crippen molar-refractivity contribution in [3.63, 3.8) is 0 Å². The van der Waals surface area contributed by atoms with E-state index >= 15 is 0 Å². The van der Waals surface area contributed by atoms with Crippen LogP contribution in [-0.4, -0.2) is 10.2 Å². The number of carbonyl (C=O) groups excluding carboxylic acids is 1. The van der Waals surface area contributed by atoms with Crippen LogP contribution in [0.4, 0.5) is 0 Å². The molecule has 2 nitrogen and oxygen atoms in total. The standard InChI is InChI=1S/C8H11NOS2/c1-3-4-5(2)6-7(10)9-8(11)12-6/h3-4H2,1-2H3,(H,9,10,11)/b6-5-. The maximum absolute atomic E-state index is 11.2. The number of rotatable bonds is 2. The molecule has 1 N–H and O–H groups in total. The summed E-state index contributed by atoms with van der Waals surface area (Å²) in [7, 11) is 0. The second-order valence-electron chi connectivity index (χ2n) is 2.70. The number of nitrogens with one attached hydrogen (secondary N) is 1. The van der Waals surface area contributed by atoms with E-state index in [9.17, 15) is 4.79 Å². The number of thioether (sulfide) groups is 1. The molecule has 4 heteroatoms. The summed E-state index contributed by atoms with van der Waals surface area (Å²) in [6.07, 6.45) is 2.04. The molecule has 0 spiro atoms. The highest BCUT2D eigenvalue weighted by molar-refractivity contribution is 8.26. The van der Waals surface area contributed by atoms with Gasteiger partial charge in [0.05, 0.1) is 4.91 Å². The lowest BCUT2D eigenvalue weighted by molar-refractivity contribution is -0.115. The van der Waals surface area contributed by atoms with Gasteiger partial charge in [-0.3, -0.25) is 4.79 Å². The van der Waals surface area contributed by atoms with Crippen LogP contribution in [0.1, 0.15) is 26.7 Å². The fourth-order valence-corrected chi connectivity index (χ4v) is 2.18. The number of carbonyl (C=O) groups is 1. The molecule has 0 aromatic rings. The average Bonchev–Trinajstić information content (AvgIpc) is 2.30. The number of hydrogen-bond acceptors (Lipinski definition) is 3. The lowest BCUT2D eigenvalue weighted by atomic mass is 10.1. The molecule has 1 aliphatic heterocycles. The van der Waals surface area contributed by atoms with Crippen LogP contribution in [0.3, 0.4) is 0 Å². The summed E-state index contributed by atoms with van der Waals surface area (Å²) in [5.41, 5.74) is 1.14. The smallest absolute Gasteiger partial charge is 0.263 e. The molecule has 0 radical (unpaired) electrons. The second-order valence-corrected chi connectivity index (χ2v) is 4.39. The molecule has 0 aromatic heterocycles. The zero-order valence-corrected chi connectivity index (χ0v) is 8.77. The summed E-state index contributed by atoms with van der Waals surface area (Å²) < 4.78 is 0.574. The van der Waals surface area contributed by atoms with Gasteiger partial charge in [-0.15, -0.1) is 0 Å². The monoisotopic (exact) mass is 201 g/mol. The van der Waals surface area contributed by atoms with Crippen molar-refractivity contribution in [1.29, 1.82) is 0 Å². The molecule has 0 atom stereocenters. The molecule has 0 unspecified atom stereocenters. The number of thiocarbonyl (C=S) groups is 1. The van der Waals surface area contributed by atoms with Crippen LogP contribution in [0.25, 0.3) is 0 Å². The zero-order chi connectivity index (χ0) is 9.14. The quantitative estimate of drug-likeness (QED) is 0.548. The lowest BCUT2D eigenvalue weighted by Gasteiger charge is -1.99. The van der Waals surface area contributed by atoms with Crippen LogP contribution in [0.15, 0.2) is 10.5 Å². The maximum Gasteiger partial charge on any atom is 0.263 e. The molecule has 0 bridgehead atoms. The first-order chi connectivity index (χ1) is 5.65. The summed E-state index contributed by atoms with van der Waals surface area (Å²) in [5.74, 6) is -0.0315. The summed E-state index contributed by atoms with van der Waals surface area (Å²) >= 11 is 6.25. The predicted molar refractivity (Wildman–Crippen MR) is 55.9 cm³/mol. The van der Waals surface area contributed by atoms with Crippen molar-refractivity contribution < 1.29 is 4.79 Å². The van der Waals surface area contributed by atoms with Gasteiger partial charge in [0, 0.05) is 0 Å².